The van der Waals surface area contributed by atoms with Crippen molar-refractivity contribution in [3.05, 3.63) is 12.4 Å². The van der Waals surface area contributed by atoms with Gasteiger partial charge in [0.15, 0.2) is 0 Å². The van der Waals surface area contributed by atoms with E-state index >= 15 is 0 Å². The molecule has 1 rings (SSSR count). The number of carboxylic acids is 1. The highest BCUT2D eigenvalue weighted by molar-refractivity contribution is 8.00. The van der Waals surface area contributed by atoms with Crippen molar-refractivity contribution >= 4 is 29.3 Å². The van der Waals surface area contributed by atoms with Crippen LogP contribution in [0.5, 0.6) is 0 Å². The highest BCUT2D eigenvalue weighted by Crippen LogP contribution is 2.06. The predicted molar refractivity (Wildman–Crippen MR) is 67.7 cm³/mol. The zero-order valence-electron chi connectivity index (χ0n) is 9.96. The lowest BCUT2D eigenvalue weighted by Gasteiger charge is -2.01. The van der Waals surface area contributed by atoms with E-state index in [1.165, 1.54) is 6.20 Å². The molecule has 100 valence electrons. The van der Waals surface area contributed by atoms with Crippen molar-refractivity contribution < 1.29 is 19.4 Å². The Kier molecular flexibility index (Phi) is 6.23. The largest absolute Gasteiger partial charge is 0.481 e. The van der Waals surface area contributed by atoms with Gasteiger partial charge in [0.2, 0.25) is 5.91 Å². The maximum atomic E-state index is 11.4. The number of rotatable bonds is 8. The van der Waals surface area contributed by atoms with Crippen molar-refractivity contribution in [2.75, 3.05) is 30.5 Å². The minimum absolute atomic E-state index is 0.0828. The molecule has 0 spiro atoms. The number of carboxylic acid groups (broad SMARTS) is 1. The molecule has 8 heteroatoms. The first-order valence-electron chi connectivity index (χ1n) is 5.22. The number of amides is 1. The number of hydrogen-bond acceptors (Lipinski definition) is 5. The van der Waals surface area contributed by atoms with Crippen molar-refractivity contribution in [1.29, 1.82) is 0 Å². The molecule has 1 amide bonds. The second kappa shape index (κ2) is 7.72. The van der Waals surface area contributed by atoms with Gasteiger partial charge >= 0.3 is 5.97 Å². The van der Waals surface area contributed by atoms with Gasteiger partial charge in [0.05, 0.1) is 36.5 Å². The molecule has 18 heavy (non-hydrogen) atoms. The van der Waals surface area contributed by atoms with Crippen molar-refractivity contribution in [3.63, 3.8) is 0 Å². The van der Waals surface area contributed by atoms with E-state index in [4.69, 9.17) is 9.84 Å². The van der Waals surface area contributed by atoms with Crippen LogP contribution in [0.2, 0.25) is 0 Å². The number of carbonyl (C=O) groups is 2. The number of aliphatic carboxylic acids is 1. The number of anilines is 1. The van der Waals surface area contributed by atoms with E-state index in [1.54, 1.807) is 18.0 Å². The summed E-state index contributed by atoms with van der Waals surface area (Å²) < 4.78 is 6.56. The third-order valence-electron chi connectivity index (χ3n) is 1.90. The number of carbonyl (C=O) groups excluding carboxylic acids is 1. The maximum Gasteiger partial charge on any atom is 0.313 e. The van der Waals surface area contributed by atoms with Crippen molar-refractivity contribution in [1.82, 2.24) is 9.78 Å². The molecule has 0 aliphatic heterocycles. The Balaban J connectivity index is 2.30. The van der Waals surface area contributed by atoms with Gasteiger partial charge in [-0.05, 0) is 0 Å². The Labute approximate surface area is 108 Å². The Morgan fingerprint density at radius 2 is 2.33 bits per heavy atom. The van der Waals surface area contributed by atoms with Gasteiger partial charge in [-0.3, -0.25) is 14.3 Å². The molecule has 0 radical (unpaired) electrons. The SMILES string of the molecule is COCCn1cc(NC(=O)CSCC(=O)O)cn1. The summed E-state index contributed by atoms with van der Waals surface area (Å²) in [6.45, 7) is 1.16. The van der Waals surface area contributed by atoms with Crippen LogP contribution in [0.4, 0.5) is 5.69 Å². The number of aromatic nitrogens is 2. The van der Waals surface area contributed by atoms with E-state index in [0.717, 1.165) is 11.8 Å². The van der Waals surface area contributed by atoms with E-state index in [9.17, 15) is 9.59 Å². The topological polar surface area (TPSA) is 93.5 Å². The fraction of sp³-hybridized carbons (Fsp3) is 0.500. The number of thioether (sulfide) groups is 1. The summed E-state index contributed by atoms with van der Waals surface area (Å²) in [5, 5.41) is 15.1. The zero-order valence-corrected chi connectivity index (χ0v) is 10.8. The number of nitrogens with one attached hydrogen (secondary N) is 1. The van der Waals surface area contributed by atoms with E-state index in [1.807, 2.05) is 0 Å². The molecule has 2 N–H and O–H groups in total. The molecule has 1 aromatic rings. The Morgan fingerprint density at radius 1 is 1.56 bits per heavy atom. The lowest BCUT2D eigenvalue weighted by Crippen LogP contribution is -2.15. The van der Waals surface area contributed by atoms with Gasteiger partial charge in [-0.2, -0.15) is 5.10 Å². The number of hydrogen-bond donors (Lipinski definition) is 2. The fourth-order valence-corrected chi connectivity index (χ4v) is 1.70. The Hall–Kier alpha value is -1.54. The van der Waals surface area contributed by atoms with Crippen LogP contribution in [0, 0.1) is 0 Å². The lowest BCUT2D eigenvalue weighted by molar-refractivity contribution is -0.133. The molecular formula is C10H15N3O4S. The van der Waals surface area contributed by atoms with Crippen LogP contribution >= 0.6 is 11.8 Å². The van der Waals surface area contributed by atoms with Gasteiger partial charge < -0.3 is 15.2 Å². The van der Waals surface area contributed by atoms with Crippen LogP contribution in [0.15, 0.2) is 12.4 Å². The molecule has 0 saturated carbocycles. The van der Waals surface area contributed by atoms with E-state index < -0.39 is 5.97 Å². The van der Waals surface area contributed by atoms with E-state index in [2.05, 4.69) is 10.4 Å². The molecule has 0 saturated heterocycles. The second-order valence-electron chi connectivity index (χ2n) is 3.42. The molecule has 0 bridgehead atoms. The maximum absolute atomic E-state index is 11.4. The average molecular weight is 273 g/mol. The first kappa shape index (κ1) is 14.5. The number of methoxy groups -OCH3 is 1. The molecule has 0 atom stereocenters. The smallest absolute Gasteiger partial charge is 0.313 e. The van der Waals surface area contributed by atoms with Crippen molar-refractivity contribution in [2.45, 2.75) is 6.54 Å². The normalized spacial score (nSPS) is 10.3. The fourth-order valence-electron chi connectivity index (χ4n) is 1.16. The Morgan fingerprint density at radius 3 is 3.00 bits per heavy atom. The molecule has 0 fully saturated rings. The molecule has 7 nitrogen and oxygen atoms in total. The Bertz CT molecular complexity index is 408. The van der Waals surface area contributed by atoms with Gasteiger partial charge in [-0.1, -0.05) is 0 Å². The third kappa shape index (κ3) is 5.69. The molecule has 0 aromatic carbocycles. The second-order valence-corrected chi connectivity index (χ2v) is 4.41. The van der Waals surface area contributed by atoms with Crippen LogP contribution in [0.1, 0.15) is 0 Å². The summed E-state index contributed by atoms with van der Waals surface area (Å²) in [6, 6.07) is 0. The minimum Gasteiger partial charge on any atom is -0.481 e. The van der Waals surface area contributed by atoms with Crippen LogP contribution in [0.25, 0.3) is 0 Å². The third-order valence-corrected chi connectivity index (χ3v) is 2.82. The van der Waals surface area contributed by atoms with Crippen molar-refractivity contribution in [2.24, 2.45) is 0 Å². The summed E-state index contributed by atoms with van der Waals surface area (Å²) in [5.41, 5.74) is 0.590. The quantitative estimate of drug-likeness (QED) is 0.707. The van der Waals surface area contributed by atoms with Crippen LogP contribution < -0.4 is 5.32 Å². The summed E-state index contributed by atoms with van der Waals surface area (Å²) in [4.78, 5) is 21.7. The zero-order chi connectivity index (χ0) is 13.4. The van der Waals surface area contributed by atoms with Crippen molar-refractivity contribution in [3.8, 4) is 0 Å². The van der Waals surface area contributed by atoms with E-state index in [-0.39, 0.29) is 17.4 Å². The predicted octanol–water partition coefficient (Wildman–Crippen LogP) is 0.286. The molecule has 1 aromatic heterocycles. The summed E-state index contributed by atoms with van der Waals surface area (Å²) in [6.07, 6.45) is 3.23. The summed E-state index contributed by atoms with van der Waals surface area (Å²) >= 11 is 1.05. The highest BCUT2D eigenvalue weighted by Gasteiger charge is 2.06. The first-order chi connectivity index (χ1) is 8.61. The van der Waals surface area contributed by atoms with Crippen LogP contribution in [-0.2, 0) is 20.9 Å². The van der Waals surface area contributed by atoms with E-state index in [0.29, 0.717) is 18.8 Å². The number of nitrogens with zero attached hydrogens (tertiary/aromatic N) is 2. The summed E-state index contributed by atoms with van der Waals surface area (Å²) in [7, 11) is 1.60. The summed E-state index contributed by atoms with van der Waals surface area (Å²) in [5.74, 6) is -1.15. The lowest BCUT2D eigenvalue weighted by atomic mass is 10.5. The molecule has 1 heterocycles. The standard InChI is InChI=1S/C10H15N3O4S/c1-17-3-2-13-5-8(4-11-13)12-9(14)6-18-7-10(15)16/h4-5H,2-3,6-7H2,1H3,(H,12,14)(H,15,16). The first-order valence-corrected chi connectivity index (χ1v) is 6.38. The monoisotopic (exact) mass is 273 g/mol. The van der Waals surface area contributed by atoms with Gasteiger partial charge in [0, 0.05) is 13.3 Å². The van der Waals surface area contributed by atoms with Gasteiger partial charge in [0.1, 0.15) is 0 Å². The molecular weight excluding hydrogens is 258 g/mol. The van der Waals surface area contributed by atoms with Gasteiger partial charge in [-0.15, -0.1) is 11.8 Å². The minimum atomic E-state index is -0.930. The number of ether oxygens (including phenoxy) is 1. The van der Waals surface area contributed by atoms with Gasteiger partial charge in [0.25, 0.3) is 0 Å². The highest BCUT2D eigenvalue weighted by atomic mass is 32.2. The molecule has 0 aliphatic rings. The van der Waals surface area contributed by atoms with Crippen LogP contribution in [0.3, 0.4) is 0 Å². The molecule has 0 aliphatic carbocycles. The molecule has 0 unspecified atom stereocenters. The average Bonchev–Trinajstić information content (AvgIpc) is 2.73. The van der Waals surface area contributed by atoms with Crippen LogP contribution in [-0.4, -0.2) is 52.0 Å². The van der Waals surface area contributed by atoms with Gasteiger partial charge in [-0.25, -0.2) is 0 Å².